The van der Waals surface area contributed by atoms with Crippen molar-refractivity contribution in [2.24, 2.45) is 5.92 Å². The zero-order valence-electron chi connectivity index (χ0n) is 37.8. The van der Waals surface area contributed by atoms with Crippen molar-refractivity contribution < 1.29 is 58.0 Å². The maximum atomic E-state index is 12.7. The molecule has 0 aliphatic carbocycles. The fourth-order valence-electron chi connectivity index (χ4n) is 6.37. The Bertz CT molecular complexity index is 1150. The molecule has 0 fully saturated rings. The number of rotatable bonds is 43. The first kappa shape index (κ1) is 58.1. The van der Waals surface area contributed by atoms with Gasteiger partial charge >= 0.3 is 19.8 Å². The maximum Gasteiger partial charge on any atom is 0.472 e. The molecule has 4 unspecified atom stereocenters. The summed E-state index contributed by atoms with van der Waals surface area (Å²) in [5.41, 5.74) is 0. The molecule has 0 aliphatic heterocycles. The Labute approximate surface area is 364 Å². The van der Waals surface area contributed by atoms with E-state index in [0.717, 1.165) is 44.4 Å². The van der Waals surface area contributed by atoms with Crippen LogP contribution in [0.1, 0.15) is 194 Å². The first-order chi connectivity index (χ1) is 28.9. The quantitative estimate of drug-likeness (QED) is 0.0169. The van der Waals surface area contributed by atoms with Gasteiger partial charge in [0, 0.05) is 12.8 Å². The average molecular weight is 875 g/mol. The smallest absolute Gasteiger partial charge is 0.462 e. The Balaban J connectivity index is 4.46. The van der Waals surface area contributed by atoms with E-state index in [0.29, 0.717) is 6.42 Å². The largest absolute Gasteiger partial charge is 0.472 e. The van der Waals surface area contributed by atoms with Crippen LogP contribution in [0.15, 0.2) is 36.5 Å². The van der Waals surface area contributed by atoms with Crippen molar-refractivity contribution in [3.05, 3.63) is 36.5 Å². The van der Waals surface area contributed by atoms with Crippen molar-refractivity contribution in [3.63, 3.8) is 0 Å². The normalized spacial score (nSPS) is 15.7. The standard InChI is InChI=1S/C47H87O12P/c1-4-6-7-8-9-10-11-17-20-23-26-29-33-44(50)45(51)34-31-36-46(52)56-39-43(40-58-60(54,55)57-38-42(49)37-48)59-47(53)35-30-27-24-21-18-15-13-12-14-16-19-22-25-28-32-41(3)5-2/h9-10,17,20,26,29,41-45,48-51H,4-8,11-16,18-19,21-25,27-28,30-40H2,1-3H3,(H,54,55)/b10-9-,20-17-,29-26-/t41?,42-,43+,44?,45?/m0/s1. The molecule has 60 heavy (non-hydrogen) atoms. The van der Waals surface area contributed by atoms with Gasteiger partial charge in [-0.3, -0.25) is 18.6 Å². The monoisotopic (exact) mass is 875 g/mol. The Morgan fingerprint density at radius 1 is 0.600 bits per heavy atom. The topological polar surface area (TPSA) is 189 Å². The minimum atomic E-state index is -4.69. The van der Waals surface area contributed by atoms with Crippen molar-refractivity contribution in [2.75, 3.05) is 26.4 Å². The average Bonchev–Trinajstić information content (AvgIpc) is 3.23. The first-order valence-electron chi connectivity index (χ1n) is 23.5. The highest BCUT2D eigenvalue weighted by molar-refractivity contribution is 7.47. The fourth-order valence-corrected chi connectivity index (χ4v) is 7.16. The van der Waals surface area contributed by atoms with Crippen molar-refractivity contribution in [1.29, 1.82) is 0 Å². The molecule has 0 aliphatic rings. The van der Waals surface area contributed by atoms with Gasteiger partial charge in [0.2, 0.25) is 0 Å². The summed E-state index contributed by atoms with van der Waals surface area (Å²) < 4.78 is 32.6. The van der Waals surface area contributed by atoms with Gasteiger partial charge in [-0.1, -0.05) is 166 Å². The SMILES string of the molecule is CCCCC/C=C\C/C=C\C/C=C\CC(O)C(O)CCCC(=O)OC[C@H](COP(=O)(O)OC[C@@H](O)CO)OC(=O)CCCCCCCCCCCCCCCCC(C)CC. The summed E-state index contributed by atoms with van der Waals surface area (Å²) >= 11 is 0. The number of carbonyl (C=O) groups is 2. The second-order valence-corrected chi connectivity index (χ2v) is 17.8. The molecule has 0 aromatic heterocycles. The van der Waals surface area contributed by atoms with Crippen LogP contribution in [-0.4, -0.2) is 88.1 Å². The summed E-state index contributed by atoms with van der Waals surface area (Å²) in [6, 6.07) is 0. The number of allylic oxidation sites excluding steroid dienone is 5. The highest BCUT2D eigenvalue weighted by Gasteiger charge is 2.27. The molecule has 13 heteroatoms. The molecular formula is C47H87O12P. The number of phosphoric acid groups is 1. The Hall–Kier alpha value is -1.89. The van der Waals surface area contributed by atoms with E-state index in [9.17, 15) is 34.4 Å². The van der Waals surface area contributed by atoms with Crippen LogP contribution in [0, 0.1) is 5.92 Å². The van der Waals surface area contributed by atoms with E-state index in [1.807, 2.05) is 12.2 Å². The van der Waals surface area contributed by atoms with Crippen LogP contribution in [0.3, 0.4) is 0 Å². The summed E-state index contributed by atoms with van der Waals surface area (Å²) in [4.78, 5) is 35.1. The molecule has 0 amide bonds. The van der Waals surface area contributed by atoms with E-state index in [4.69, 9.17) is 19.1 Å². The lowest BCUT2D eigenvalue weighted by molar-refractivity contribution is -0.161. The van der Waals surface area contributed by atoms with E-state index < -0.39 is 70.6 Å². The molecular weight excluding hydrogens is 787 g/mol. The molecule has 0 saturated heterocycles. The third kappa shape index (κ3) is 39.0. The number of ether oxygens (including phenoxy) is 2. The number of aliphatic hydroxyl groups is 4. The molecule has 0 rings (SSSR count). The second kappa shape index (κ2) is 41.1. The lowest BCUT2D eigenvalue weighted by atomic mass is 9.99. The summed E-state index contributed by atoms with van der Waals surface area (Å²) in [5.74, 6) is -0.345. The van der Waals surface area contributed by atoms with Crippen molar-refractivity contribution in [3.8, 4) is 0 Å². The third-order valence-electron chi connectivity index (χ3n) is 10.5. The molecule has 0 radical (unpaired) electrons. The van der Waals surface area contributed by atoms with E-state index in [1.54, 1.807) is 0 Å². The number of esters is 2. The Morgan fingerprint density at radius 2 is 1.13 bits per heavy atom. The van der Waals surface area contributed by atoms with Gasteiger partial charge in [-0.05, 0) is 57.3 Å². The molecule has 12 nitrogen and oxygen atoms in total. The van der Waals surface area contributed by atoms with Crippen molar-refractivity contribution in [1.82, 2.24) is 0 Å². The molecule has 0 heterocycles. The van der Waals surface area contributed by atoms with Gasteiger partial charge in [-0.2, -0.15) is 0 Å². The molecule has 0 aromatic carbocycles. The van der Waals surface area contributed by atoms with Gasteiger partial charge in [-0.15, -0.1) is 0 Å². The second-order valence-electron chi connectivity index (χ2n) is 16.3. The number of hydrogen-bond acceptors (Lipinski definition) is 11. The molecule has 0 saturated carbocycles. The summed E-state index contributed by atoms with van der Waals surface area (Å²) in [6.45, 7) is 4.40. The molecule has 0 spiro atoms. The summed E-state index contributed by atoms with van der Waals surface area (Å²) in [5, 5.41) is 39.0. The number of unbranched alkanes of at least 4 members (excludes halogenated alkanes) is 16. The molecule has 0 aromatic rings. The summed E-state index contributed by atoms with van der Waals surface area (Å²) in [7, 11) is -4.69. The molecule has 6 atom stereocenters. The van der Waals surface area contributed by atoms with E-state index in [2.05, 4.69) is 49.6 Å². The van der Waals surface area contributed by atoms with Gasteiger partial charge in [0.1, 0.15) is 12.7 Å². The Morgan fingerprint density at radius 3 is 1.72 bits per heavy atom. The predicted octanol–water partition coefficient (Wildman–Crippen LogP) is 10.5. The van der Waals surface area contributed by atoms with Crippen LogP contribution in [0.4, 0.5) is 0 Å². The third-order valence-corrected chi connectivity index (χ3v) is 11.5. The summed E-state index contributed by atoms with van der Waals surface area (Å²) in [6.07, 6.45) is 34.2. The molecule has 0 bridgehead atoms. The minimum Gasteiger partial charge on any atom is -0.462 e. The van der Waals surface area contributed by atoms with Gasteiger partial charge < -0.3 is 34.8 Å². The van der Waals surface area contributed by atoms with Crippen molar-refractivity contribution in [2.45, 2.75) is 219 Å². The maximum absolute atomic E-state index is 12.7. The van der Waals surface area contributed by atoms with Crippen LogP contribution in [0.5, 0.6) is 0 Å². The number of hydrogen-bond donors (Lipinski definition) is 5. The van der Waals surface area contributed by atoms with E-state index in [-0.39, 0.29) is 32.1 Å². The van der Waals surface area contributed by atoms with E-state index >= 15 is 0 Å². The minimum absolute atomic E-state index is 0.0711. The van der Waals surface area contributed by atoms with Gasteiger partial charge in [0.15, 0.2) is 6.10 Å². The lowest BCUT2D eigenvalue weighted by Gasteiger charge is -2.20. The number of phosphoric ester groups is 1. The zero-order chi connectivity index (χ0) is 44.5. The predicted molar refractivity (Wildman–Crippen MR) is 240 cm³/mol. The van der Waals surface area contributed by atoms with Gasteiger partial charge in [0.25, 0.3) is 0 Å². The van der Waals surface area contributed by atoms with Gasteiger partial charge in [0.05, 0.1) is 32.0 Å². The molecule has 5 N–H and O–H groups in total. The van der Waals surface area contributed by atoms with Crippen molar-refractivity contribution >= 4 is 19.8 Å². The van der Waals surface area contributed by atoms with Crippen LogP contribution in [0.2, 0.25) is 0 Å². The highest BCUT2D eigenvalue weighted by Crippen LogP contribution is 2.43. The highest BCUT2D eigenvalue weighted by atomic mass is 31.2. The van der Waals surface area contributed by atoms with Crippen LogP contribution >= 0.6 is 7.82 Å². The van der Waals surface area contributed by atoms with Gasteiger partial charge in [-0.25, -0.2) is 4.57 Å². The van der Waals surface area contributed by atoms with Crippen LogP contribution in [-0.2, 0) is 32.7 Å². The molecule has 352 valence electrons. The number of aliphatic hydroxyl groups excluding tert-OH is 4. The lowest BCUT2D eigenvalue weighted by Crippen LogP contribution is -2.30. The van der Waals surface area contributed by atoms with Crippen LogP contribution < -0.4 is 0 Å². The zero-order valence-corrected chi connectivity index (χ0v) is 38.7. The first-order valence-corrected chi connectivity index (χ1v) is 25.0. The Kier molecular flexibility index (Phi) is 39.8. The number of carbonyl (C=O) groups excluding carboxylic acids is 2. The fraction of sp³-hybridized carbons (Fsp3) is 0.830. The van der Waals surface area contributed by atoms with Crippen LogP contribution in [0.25, 0.3) is 0 Å². The van der Waals surface area contributed by atoms with E-state index in [1.165, 1.54) is 96.3 Å².